The summed E-state index contributed by atoms with van der Waals surface area (Å²) in [6.45, 7) is 0. The smallest absolute Gasteiger partial charge is 0.258 e. The highest BCUT2D eigenvalue weighted by atomic mass is 32.1. The van der Waals surface area contributed by atoms with E-state index < -0.39 is 0 Å². The van der Waals surface area contributed by atoms with E-state index in [1.807, 2.05) is 18.2 Å². The Morgan fingerprint density at radius 2 is 1.37 bits per heavy atom. The zero-order valence-electron chi connectivity index (χ0n) is 15.8. The molecule has 0 aliphatic carbocycles. The average molecular weight is 448 g/mol. The maximum absolute atomic E-state index is 10.8. The van der Waals surface area contributed by atoms with Gasteiger partial charge >= 0.3 is 0 Å². The molecule has 0 N–H and O–H groups in total. The molecule has 1 aromatic carbocycles. The van der Waals surface area contributed by atoms with E-state index in [0.717, 1.165) is 11.1 Å². The van der Waals surface area contributed by atoms with Gasteiger partial charge in [-0.1, -0.05) is 24.3 Å². The van der Waals surface area contributed by atoms with E-state index in [9.17, 15) is 10.1 Å². The second kappa shape index (κ2) is 9.63. The predicted octanol–water partition coefficient (Wildman–Crippen LogP) is 8.29. The minimum Gasteiger partial charge on any atom is -0.258 e. The molecule has 0 unspecified atom stereocenters. The average Bonchev–Trinajstić information content (AvgIpc) is 3.52. The number of nitro benzene ring substituents is 1. The van der Waals surface area contributed by atoms with Crippen molar-refractivity contribution in [2.45, 2.75) is 0 Å². The molecule has 4 aromatic rings. The van der Waals surface area contributed by atoms with Crippen molar-refractivity contribution in [3.05, 3.63) is 106 Å². The van der Waals surface area contributed by atoms with Gasteiger partial charge in [0, 0.05) is 31.6 Å². The summed E-state index contributed by atoms with van der Waals surface area (Å²) < 4.78 is 0. The van der Waals surface area contributed by atoms with Gasteiger partial charge in [0.2, 0.25) is 0 Å². The Morgan fingerprint density at radius 3 is 1.97 bits per heavy atom. The molecule has 6 heteroatoms. The highest BCUT2D eigenvalue weighted by Gasteiger charge is 2.05. The molecule has 0 aliphatic rings. The minimum atomic E-state index is -0.383. The first kappa shape index (κ1) is 20.2. The summed E-state index contributed by atoms with van der Waals surface area (Å²) in [5.74, 6) is 0. The molecule has 0 saturated heterocycles. The number of hydrogen-bond donors (Lipinski definition) is 0. The van der Waals surface area contributed by atoms with Gasteiger partial charge in [-0.2, -0.15) is 0 Å². The van der Waals surface area contributed by atoms with Crippen molar-refractivity contribution < 1.29 is 4.92 Å². The molecule has 0 spiro atoms. The van der Waals surface area contributed by atoms with Crippen LogP contribution >= 0.6 is 34.0 Å². The number of benzene rings is 1. The highest BCUT2D eigenvalue weighted by Crippen LogP contribution is 2.29. The van der Waals surface area contributed by atoms with Crippen LogP contribution in [0.3, 0.4) is 0 Å². The van der Waals surface area contributed by atoms with E-state index in [0.29, 0.717) is 0 Å². The lowest BCUT2D eigenvalue weighted by molar-refractivity contribution is -0.384. The molecule has 0 amide bonds. The van der Waals surface area contributed by atoms with Crippen LogP contribution in [0.15, 0.2) is 65.4 Å². The van der Waals surface area contributed by atoms with Crippen molar-refractivity contribution in [1.29, 1.82) is 0 Å². The normalized spacial score (nSPS) is 11.9. The van der Waals surface area contributed by atoms with Gasteiger partial charge in [-0.25, -0.2) is 0 Å². The lowest BCUT2D eigenvalue weighted by Gasteiger charge is -1.95. The van der Waals surface area contributed by atoms with Gasteiger partial charge in [-0.05, 0) is 76.5 Å². The van der Waals surface area contributed by atoms with Gasteiger partial charge in [-0.3, -0.25) is 10.1 Å². The van der Waals surface area contributed by atoms with Gasteiger partial charge in [0.15, 0.2) is 0 Å². The van der Waals surface area contributed by atoms with Gasteiger partial charge in [0.1, 0.15) is 0 Å². The van der Waals surface area contributed by atoms with Crippen LogP contribution in [-0.2, 0) is 0 Å². The predicted molar refractivity (Wildman–Crippen MR) is 133 cm³/mol. The van der Waals surface area contributed by atoms with Crippen LogP contribution in [0.25, 0.3) is 36.5 Å². The summed E-state index contributed by atoms with van der Waals surface area (Å²) in [6, 6.07) is 17.0. The monoisotopic (exact) mass is 447 g/mol. The molecule has 0 radical (unpaired) electrons. The molecule has 0 fully saturated rings. The third-order valence-corrected chi connectivity index (χ3v) is 7.02. The van der Waals surface area contributed by atoms with Crippen molar-refractivity contribution in [2.75, 3.05) is 0 Å². The topological polar surface area (TPSA) is 43.1 Å². The number of nitro groups is 1. The van der Waals surface area contributed by atoms with E-state index in [1.54, 1.807) is 46.1 Å². The highest BCUT2D eigenvalue weighted by molar-refractivity contribution is 7.14. The van der Waals surface area contributed by atoms with E-state index in [4.69, 9.17) is 0 Å². The van der Waals surface area contributed by atoms with Crippen molar-refractivity contribution in [2.24, 2.45) is 0 Å². The zero-order valence-corrected chi connectivity index (χ0v) is 18.3. The van der Waals surface area contributed by atoms with Crippen LogP contribution in [0, 0.1) is 10.1 Å². The van der Waals surface area contributed by atoms with Crippen molar-refractivity contribution in [3.8, 4) is 0 Å². The van der Waals surface area contributed by atoms with Crippen LogP contribution in [-0.4, -0.2) is 4.92 Å². The molecule has 3 heterocycles. The number of rotatable bonds is 7. The van der Waals surface area contributed by atoms with E-state index in [1.165, 1.54) is 31.6 Å². The second-order valence-electron chi connectivity index (χ2n) is 6.35. The quantitative estimate of drug-likeness (QED) is 0.211. The first-order chi connectivity index (χ1) is 14.7. The SMILES string of the molecule is O=[N+]([O-])c1ccc(/C=C/c2cc(/C=C/c3cccs3)sc2/C=C/c2cccs2)cc1. The summed E-state index contributed by atoms with van der Waals surface area (Å²) in [5.41, 5.74) is 2.15. The van der Waals surface area contributed by atoms with Crippen molar-refractivity contribution in [1.82, 2.24) is 0 Å². The Bertz CT molecular complexity index is 1200. The summed E-state index contributed by atoms with van der Waals surface area (Å²) in [6.07, 6.45) is 12.6. The molecule has 0 bridgehead atoms. The fraction of sp³-hybridized carbons (Fsp3) is 0. The Morgan fingerprint density at radius 1 is 0.733 bits per heavy atom. The standard InChI is InChI=1S/C24H17NO2S3/c26-25(27)20-9-6-18(7-10-20)5-8-19-17-23(12-11-21-3-1-15-28-21)30-24(19)14-13-22-4-2-16-29-22/h1-17H/b8-5+,12-11+,14-13+. The second-order valence-corrected chi connectivity index (χ2v) is 9.42. The Labute approximate surface area is 186 Å². The maximum atomic E-state index is 10.8. The zero-order chi connectivity index (χ0) is 20.8. The summed E-state index contributed by atoms with van der Waals surface area (Å²) in [5, 5.41) is 15.0. The molecule has 30 heavy (non-hydrogen) atoms. The first-order valence-electron chi connectivity index (χ1n) is 9.17. The van der Waals surface area contributed by atoms with Crippen molar-refractivity contribution in [3.63, 3.8) is 0 Å². The van der Waals surface area contributed by atoms with Gasteiger partial charge in [-0.15, -0.1) is 34.0 Å². The molecule has 4 rings (SSSR count). The number of thiophene rings is 3. The van der Waals surface area contributed by atoms with Crippen LogP contribution < -0.4 is 0 Å². The molecule has 0 atom stereocenters. The number of non-ortho nitro benzene ring substituents is 1. The molecule has 0 aliphatic heterocycles. The Balaban J connectivity index is 1.61. The molecule has 0 saturated carbocycles. The molecule has 3 aromatic heterocycles. The van der Waals surface area contributed by atoms with Gasteiger partial charge < -0.3 is 0 Å². The first-order valence-corrected chi connectivity index (χ1v) is 11.7. The van der Waals surface area contributed by atoms with Crippen molar-refractivity contribution >= 4 is 76.2 Å². The third-order valence-electron chi connectivity index (χ3n) is 4.27. The van der Waals surface area contributed by atoms with Crippen LogP contribution in [0.2, 0.25) is 0 Å². The fourth-order valence-electron chi connectivity index (χ4n) is 2.77. The largest absolute Gasteiger partial charge is 0.269 e. The third kappa shape index (κ3) is 5.30. The summed E-state index contributed by atoms with van der Waals surface area (Å²) in [7, 11) is 0. The molecule has 148 valence electrons. The van der Waals surface area contributed by atoms with Crippen LogP contribution in [0.5, 0.6) is 0 Å². The Kier molecular flexibility index (Phi) is 6.49. The van der Waals surface area contributed by atoms with Crippen LogP contribution in [0.1, 0.15) is 30.6 Å². The van der Waals surface area contributed by atoms with Crippen LogP contribution in [0.4, 0.5) is 5.69 Å². The van der Waals surface area contributed by atoms with E-state index in [-0.39, 0.29) is 10.6 Å². The van der Waals surface area contributed by atoms with E-state index in [2.05, 4.69) is 59.3 Å². The molecule has 3 nitrogen and oxygen atoms in total. The Hall–Kier alpha value is -3.06. The van der Waals surface area contributed by atoms with E-state index >= 15 is 0 Å². The fourth-order valence-corrected chi connectivity index (χ4v) is 4.96. The maximum Gasteiger partial charge on any atom is 0.269 e. The number of nitrogens with zero attached hydrogens (tertiary/aromatic N) is 1. The lowest BCUT2D eigenvalue weighted by atomic mass is 10.1. The lowest BCUT2D eigenvalue weighted by Crippen LogP contribution is -1.86. The summed E-state index contributed by atoms with van der Waals surface area (Å²) >= 11 is 5.16. The molecular weight excluding hydrogens is 430 g/mol. The van der Waals surface area contributed by atoms with Gasteiger partial charge in [0.05, 0.1) is 4.92 Å². The molecular formula is C24H17NO2S3. The minimum absolute atomic E-state index is 0.100. The summed E-state index contributed by atoms with van der Waals surface area (Å²) in [4.78, 5) is 15.2. The number of hydrogen-bond acceptors (Lipinski definition) is 5. The van der Waals surface area contributed by atoms with Gasteiger partial charge in [0.25, 0.3) is 5.69 Å².